The van der Waals surface area contributed by atoms with Crippen molar-refractivity contribution in [2.75, 3.05) is 26.4 Å². The molecule has 0 saturated heterocycles. The van der Waals surface area contributed by atoms with Crippen molar-refractivity contribution in [1.29, 1.82) is 0 Å². The zero-order chi connectivity index (χ0) is 16.7. The number of amides is 1. The molecular formula is C17H22N2O3S. The van der Waals surface area contributed by atoms with E-state index in [1.807, 2.05) is 24.4 Å². The van der Waals surface area contributed by atoms with Gasteiger partial charge in [-0.3, -0.25) is 4.79 Å². The Kier molecular flexibility index (Phi) is 6.70. The van der Waals surface area contributed by atoms with Crippen LogP contribution in [0.5, 0.6) is 0 Å². The molecule has 1 amide bonds. The number of hydrogen-bond donors (Lipinski definition) is 2. The standard InChI is InChI=1S/C17H22N2O3S/c1-12(2)17-19-11-15(23-17)13-4-3-5-14(10-13)16(21)18-6-8-22-9-7-20/h3-5,10-12,20H,6-9H2,1-2H3,(H,18,21). The highest BCUT2D eigenvalue weighted by Crippen LogP contribution is 2.30. The fraction of sp³-hybridized carbons (Fsp3) is 0.412. The first-order chi connectivity index (χ1) is 11.1. The topological polar surface area (TPSA) is 71.5 Å². The minimum atomic E-state index is -0.131. The molecule has 0 saturated carbocycles. The third-order valence-electron chi connectivity index (χ3n) is 3.19. The summed E-state index contributed by atoms with van der Waals surface area (Å²) >= 11 is 1.65. The van der Waals surface area contributed by atoms with Crippen LogP contribution in [0.4, 0.5) is 0 Å². The van der Waals surface area contributed by atoms with Gasteiger partial charge in [-0.2, -0.15) is 0 Å². The fourth-order valence-electron chi connectivity index (χ4n) is 2.01. The normalized spacial score (nSPS) is 11.0. The average Bonchev–Trinajstić information content (AvgIpc) is 3.05. The van der Waals surface area contributed by atoms with Crippen LogP contribution in [0, 0.1) is 0 Å². The molecule has 1 heterocycles. The lowest BCUT2D eigenvalue weighted by molar-refractivity contribution is 0.0838. The predicted molar refractivity (Wildman–Crippen MR) is 91.9 cm³/mol. The van der Waals surface area contributed by atoms with Crippen molar-refractivity contribution in [3.05, 3.63) is 41.0 Å². The highest BCUT2D eigenvalue weighted by atomic mass is 32.1. The van der Waals surface area contributed by atoms with Crippen LogP contribution in [0.15, 0.2) is 30.5 Å². The van der Waals surface area contributed by atoms with Gasteiger partial charge in [-0.15, -0.1) is 11.3 Å². The van der Waals surface area contributed by atoms with E-state index in [4.69, 9.17) is 9.84 Å². The lowest BCUT2D eigenvalue weighted by Gasteiger charge is -2.07. The monoisotopic (exact) mass is 334 g/mol. The van der Waals surface area contributed by atoms with Crippen LogP contribution in [0.25, 0.3) is 10.4 Å². The van der Waals surface area contributed by atoms with E-state index in [1.54, 1.807) is 17.4 Å². The van der Waals surface area contributed by atoms with E-state index in [0.29, 0.717) is 24.6 Å². The Labute approximate surface area is 140 Å². The lowest BCUT2D eigenvalue weighted by atomic mass is 10.1. The van der Waals surface area contributed by atoms with Gasteiger partial charge in [-0.05, 0) is 17.7 Å². The van der Waals surface area contributed by atoms with Gasteiger partial charge in [0.05, 0.1) is 29.7 Å². The largest absolute Gasteiger partial charge is 0.394 e. The maximum absolute atomic E-state index is 12.1. The van der Waals surface area contributed by atoms with Crippen LogP contribution in [0.1, 0.15) is 35.1 Å². The number of rotatable bonds is 8. The number of nitrogens with zero attached hydrogens (tertiary/aromatic N) is 1. The summed E-state index contributed by atoms with van der Waals surface area (Å²) in [6.45, 7) is 5.31. The van der Waals surface area contributed by atoms with Gasteiger partial charge in [0.1, 0.15) is 0 Å². The molecule has 0 aliphatic rings. The molecule has 124 valence electrons. The molecule has 1 aromatic carbocycles. The van der Waals surface area contributed by atoms with E-state index in [9.17, 15) is 4.79 Å². The molecular weight excluding hydrogens is 312 g/mol. The number of thiazole rings is 1. The van der Waals surface area contributed by atoms with Crippen LogP contribution >= 0.6 is 11.3 Å². The molecule has 0 fully saturated rings. The van der Waals surface area contributed by atoms with Crippen LogP contribution in [-0.2, 0) is 4.74 Å². The van der Waals surface area contributed by atoms with Crippen molar-refractivity contribution in [3.8, 4) is 10.4 Å². The summed E-state index contributed by atoms with van der Waals surface area (Å²) in [6, 6.07) is 7.53. The van der Waals surface area contributed by atoms with Crippen LogP contribution in [0.2, 0.25) is 0 Å². The number of carbonyl (C=O) groups excluding carboxylic acids is 1. The number of aromatic nitrogens is 1. The second kappa shape index (κ2) is 8.76. The first-order valence-electron chi connectivity index (χ1n) is 7.64. The Balaban J connectivity index is 1.99. The van der Waals surface area contributed by atoms with Crippen LogP contribution in [0.3, 0.4) is 0 Å². The number of ether oxygens (including phenoxy) is 1. The van der Waals surface area contributed by atoms with Gasteiger partial charge in [0, 0.05) is 24.2 Å². The highest BCUT2D eigenvalue weighted by molar-refractivity contribution is 7.15. The maximum Gasteiger partial charge on any atom is 0.251 e. The number of carbonyl (C=O) groups is 1. The number of aliphatic hydroxyl groups is 1. The second-order valence-corrected chi connectivity index (χ2v) is 6.45. The molecule has 0 unspecified atom stereocenters. The summed E-state index contributed by atoms with van der Waals surface area (Å²) in [4.78, 5) is 17.6. The summed E-state index contributed by atoms with van der Waals surface area (Å²) in [7, 11) is 0. The first kappa shape index (κ1) is 17.6. The molecule has 23 heavy (non-hydrogen) atoms. The molecule has 0 spiro atoms. The zero-order valence-corrected chi connectivity index (χ0v) is 14.2. The van der Waals surface area contributed by atoms with E-state index in [0.717, 1.165) is 15.4 Å². The zero-order valence-electron chi connectivity index (χ0n) is 13.4. The van der Waals surface area contributed by atoms with Gasteiger partial charge in [0.2, 0.25) is 0 Å². The Morgan fingerprint density at radius 1 is 1.39 bits per heavy atom. The van der Waals surface area contributed by atoms with Crippen molar-refractivity contribution in [3.63, 3.8) is 0 Å². The Hall–Kier alpha value is -1.76. The Morgan fingerprint density at radius 3 is 2.91 bits per heavy atom. The van der Waals surface area contributed by atoms with Crippen molar-refractivity contribution >= 4 is 17.2 Å². The molecule has 0 radical (unpaired) electrons. The highest BCUT2D eigenvalue weighted by Gasteiger charge is 2.10. The van der Waals surface area contributed by atoms with Gasteiger partial charge in [-0.1, -0.05) is 26.0 Å². The molecule has 6 heteroatoms. The van der Waals surface area contributed by atoms with Gasteiger partial charge < -0.3 is 15.2 Å². The maximum atomic E-state index is 12.1. The first-order valence-corrected chi connectivity index (χ1v) is 8.46. The second-order valence-electron chi connectivity index (χ2n) is 5.39. The number of nitrogens with one attached hydrogen (secondary N) is 1. The Bertz CT molecular complexity index is 640. The molecule has 0 atom stereocenters. The minimum Gasteiger partial charge on any atom is -0.394 e. The van der Waals surface area contributed by atoms with Gasteiger partial charge in [0.25, 0.3) is 5.91 Å². The third-order valence-corrected chi connectivity index (χ3v) is 4.54. The predicted octanol–water partition coefficient (Wildman–Crippen LogP) is 2.67. The van der Waals surface area contributed by atoms with Crippen LogP contribution in [-0.4, -0.2) is 42.4 Å². The Morgan fingerprint density at radius 2 is 2.22 bits per heavy atom. The SMILES string of the molecule is CC(C)c1ncc(-c2cccc(C(=O)NCCOCCO)c2)s1. The molecule has 2 N–H and O–H groups in total. The van der Waals surface area contributed by atoms with Gasteiger partial charge in [-0.25, -0.2) is 4.98 Å². The molecule has 0 bridgehead atoms. The summed E-state index contributed by atoms with van der Waals surface area (Å²) in [6.07, 6.45) is 1.86. The smallest absolute Gasteiger partial charge is 0.251 e. The van der Waals surface area contributed by atoms with Gasteiger partial charge in [0.15, 0.2) is 0 Å². The van der Waals surface area contributed by atoms with E-state index in [1.165, 1.54) is 0 Å². The fourth-order valence-corrected chi connectivity index (χ4v) is 2.92. The molecule has 2 rings (SSSR count). The number of aliphatic hydroxyl groups excluding tert-OH is 1. The molecule has 2 aromatic rings. The van der Waals surface area contributed by atoms with E-state index in [2.05, 4.69) is 24.1 Å². The lowest BCUT2D eigenvalue weighted by Crippen LogP contribution is -2.27. The molecule has 0 aliphatic heterocycles. The van der Waals surface area contributed by atoms with Crippen molar-refractivity contribution in [2.24, 2.45) is 0 Å². The van der Waals surface area contributed by atoms with E-state index >= 15 is 0 Å². The molecule has 1 aromatic heterocycles. The third kappa shape index (κ3) is 5.13. The van der Waals surface area contributed by atoms with Crippen LogP contribution < -0.4 is 5.32 Å². The summed E-state index contributed by atoms with van der Waals surface area (Å²) in [5, 5.41) is 12.5. The van der Waals surface area contributed by atoms with E-state index < -0.39 is 0 Å². The number of benzene rings is 1. The molecule has 5 nitrogen and oxygen atoms in total. The van der Waals surface area contributed by atoms with Crippen molar-refractivity contribution in [1.82, 2.24) is 10.3 Å². The minimum absolute atomic E-state index is 0.0107. The summed E-state index contributed by atoms with van der Waals surface area (Å²) in [5.74, 6) is 0.271. The quantitative estimate of drug-likeness (QED) is 0.728. The summed E-state index contributed by atoms with van der Waals surface area (Å²) in [5.41, 5.74) is 1.61. The summed E-state index contributed by atoms with van der Waals surface area (Å²) < 4.78 is 5.12. The van der Waals surface area contributed by atoms with E-state index in [-0.39, 0.29) is 19.1 Å². The number of hydrogen-bond acceptors (Lipinski definition) is 5. The van der Waals surface area contributed by atoms with Gasteiger partial charge >= 0.3 is 0 Å². The average molecular weight is 334 g/mol. The molecule has 0 aliphatic carbocycles. The van der Waals surface area contributed by atoms with Crippen molar-refractivity contribution in [2.45, 2.75) is 19.8 Å². The van der Waals surface area contributed by atoms with Crippen molar-refractivity contribution < 1.29 is 14.6 Å².